The Balaban J connectivity index is 2.20. The standard InChI is InChI=1S/C13H14ClN3O2S/c1-2-4-7-10(14)16-12(19)17(11(7)18)13-15-8-5-3-6-9(8)20-13/h2-6H2,1H3,(H,16,19). The van der Waals surface area contributed by atoms with Crippen molar-refractivity contribution in [3.05, 3.63) is 42.1 Å². The van der Waals surface area contributed by atoms with Crippen molar-refractivity contribution < 1.29 is 0 Å². The van der Waals surface area contributed by atoms with Crippen LogP contribution in [-0.4, -0.2) is 14.5 Å². The van der Waals surface area contributed by atoms with Gasteiger partial charge in [0.25, 0.3) is 5.56 Å². The van der Waals surface area contributed by atoms with Crippen molar-refractivity contribution in [3.63, 3.8) is 0 Å². The zero-order valence-electron chi connectivity index (χ0n) is 11.0. The summed E-state index contributed by atoms with van der Waals surface area (Å²) in [6.45, 7) is 1.96. The first kappa shape index (κ1) is 13.6. The average molecular weight is 312 g/mol. The summed E-state index contributed by atoms with van der Waals surface area (Å²) in [5, 5.41) is 0.595. The number of H-pyrrole nitrogens is 1. The molecule has 0 unspecified atom stereocenters. The molecule has 1 aliphatic carbocycles. The lowest BCUT2D eigenvalue weighted by molar-refractivity contribution is 0.801. The van der Waals surface area contributed by atoms with E-state index in [1.54, 1.807) is 0 Å². The molecule has 20 heavy (non-hydrogen) atoms. The number of thiazole rings is 1. The summed E-state index contributed by atoms with van der Waals surface area (Å²) in [6, 6.07) is 0. The molecule has 7 heteroatoms. The van der Waals surface area contributed by atoms with E-state index in [-0.39, 0.29) is 10.7 Å². The number of fused-ring (bicyclic) bond motifs is 1. The molecular weight excluding hydrogens is 298 g/mol. The summed E-state index contributed by atoms with van der Waals surface area (Å²) < 4.78 is 1.11. The summed E-state index contributed by atoms with van der Waals surface area (Å²) in [7, 11) is 0. The van der Waals surface area contributed by atoms with Crippen molar-refractivity contribution in [2.45, 2.75) is 39.0 Å². The lowest BCUT2D eigenvalue weighted by Crippen LogP contribution is -2.36. The van der Waals surface area contributed by atoms with Crippen LogP contribution in [0.1, 0.15) is 35.9 Å². The Kier molecular flexibility index (Phi) is 3.52. The number of halogens is 1. The van der Waals surface area contributed by atoms with E-state index in [1.165, 1.54) is 16.2 Å². The van der Waals surface area contributed by atoms with Crippen LogP contribution in [0.25, 0.3) is 5.13 Å². The van der Waals surface area contributed by atoms with Gasteiger partial charge in [0.05, 0.1) is 11.3 Å². The molecule has 106 valence electrons. The third kappa shape index (κ3) is 2.13. The maximum atomic E-state index is 12.5. The van der Waals surface area contributed by atoms with E-state index in [0.717, 1.165) is 35.9 Å². The molecule has 0 aromatic carbocycles. The molecule has 5 nitrogen and oxygen atoms in total. The predicted molar refractivity (Wildman–Crippen MR) is 79.4 cm³/mol. The summed E-state index contributed by atoms with van der Waals surface area (Å²) >= 11 is 7.39. The quantitative estimate of drug-likeness (QED) is 0.882. The number of aromatic nitrogens is 3. The number of hydrogen-bond donors (Lipinski definition) is 1. The Morgan fingerprint density at radius 2 is 2.20 bits per heavy atom. The van der Waals surface area contributed by atoms with Gasteiger partial charge in [0.2, 0.25) is 5.13 Å². The normalized spacial score (nSPS) is 13.7. The number of nitrogens with one attached hydrogen (secondary N) is 1. The van der Waals surface area contributed by atoms with Gasteiger partial charge < -0.3 is 0 Å². The van der Waals surface area contributed by atoms with Crippen molar-refractivity contribution in [2.75, 3.05) is 0 Å². The number of rotatable bonds is 3. The lowest BCUT2D eigenvalue weighted by atomic mass is 10.2. The molecular formula is C13H14ClN3O2S. The Hall–Kier alpha value is -1.40. The summed E-state index contributed by atoms with van der Waals surface area (Å²) in [5.41, 5.74) is 0.590. The third-order valence-corrected chi connectivity index (χ3v) is 4.89. The number of hydrogen-bond acceptors (Lipinski definition) is 4. The molecule has 0 spiro atoms. The highest BCUT2D eigenvalue weighted by molar-refractivity contribution is 7.14. The van der Waals surface area contributed by atoms with Crippen molar-refractivity contribution in [2.24, 2.45) is 0 Å². The number of aromatic amines is 1. The Labute approximate surface area is 124 Å². The van der Waals surface area contributed by atoms with Crippen LogP contribution in [-0.2, 0) is 19.3 Å². The Morgan fingerprint density at radius 1 is 1.40 bits per heavy atom. The van der Waals surface area contributed by atoms with Gasteiger partial charge in [0.15, 0.2) is 0 Å². The van der Waals surface area contributed by atoms with Gasteiger partial charge in [-0.15, -0.1) is 11.3 Å². The fourth-order valence-electron chi connectivity index (χ4n) is 2.46. The van der Waals surface area contributed by atoms with Crippen molar-refractivity contribution in [3.8, 4) is 5.13 Å². The lowest BCUT2D eigenvalue weighted by Gasteiger charge is -2.05. The Morgan fingerprint density at radius 3 is 2.90 bits per heavy atom. The van der Waals surface area contributed by atoms with E-state index in [9.17, 15) is 9.59 Å². The smallest absolute Gasteiger partial charge is 0.297 e. The topological polar surface area (TPSA) is 67.8 Å². The number of nitrogens with zero attached hydrogens (tertiary/aromatic N) is 2. The predicted octanol–water partition coefficient (Wildman–Crippen LogP) is 2.08. The molecule has 1 aliphatic rings. The third-order valence-electron chi connectivity index (χ3n) is 3.42. The molecule has 2 aromatic heterocycles. The minimum atomic E-state index is -0.521. The Bertz CT molecular complexity index is 753. The van der Waals surface area contributed by atoms with Crippen molar-refractivity contribution in [1.29, 1.82) is 0 Å². The van der Waals surface area contributed by atoms with Crippen LogP contribution in [0.15, 0.2) is 9.59 Å². The van der Waals surface area contributed by atoms with Gasteiger partial charge in [-0.2, -0.15) is 0 Å². The molecule has 1 N–H and O–H groups in total. The molecule has 0 aliphatic heterocycles. The summed E-state index contributed by atoms with van der Waals surface area (Å²) in [6.07, 6.45) is 4.33. The van der Waals surface area contributed by atoms with E-state index in [4.69, 9.17) is 11.6 Å². The fourth-order valence-corrected chi connectivity index (χ4v) is 3.86. The molecule has 0 bridgehead atoms. The van der Waals surface area contributed by atoms with Crippen LogP contribution in [0.3, 0.4) is 0 Å². The average Bonchev–Trinajstić information content (AvgIpc) is 2.95. The van der Waals surface area contributed by atoms with E-state index in [2.05, 4.69) is 9.97 Å². The van der Waals surface area contributed by atoms with Crippen LogP contribution >= 0.6 is 22.9 Å². The first-order valence-electron chi connectivity index (χ1n) is 6.64. The number of aryl methyl sites for hydroxylation is 2. The zero-order valence-corrected chi connectivity index (χ0v) is 12.6. The largest absolute Gasteiger partial charge is 0.336 e. The van der Waals surface area contributed by atoms with Crippen LogP contribution in [0.5, 0.6) is 0 Å². The SMILES string of the molecule is CCCc1c(Cl)[nH]c(=O)n(-c2nc3c(s2)CCC3)c1=O. The van der Waals surface area contributed by atoms with Gasteiger partial charge in [-0.1, -0.05) is 24.9 Å². The molecule has 0 atom stereocenters. The molecule has 3 rings (SSSR count). The summed E-state index contributed by atoms with van der Waals surface area (Å²) in [5.74, 6) is 0. The zero-order chi connectivity index (χ0) is 14.3. The van der Waals surface area contributed by atoms with E-state index >= 15 is 0 Å². The molecule has 0 amide bonds. The van der Waals surface area contributed by atoms with Crippen LogP contribution in [0.4, 0.5) is 0 Å². The minimum absolute atomic E-state index is 0.141. The molecule has 0 saturated carbocycles. The van der Waals surface area contributed by atoms with Gasteiger partial charge in [0.1, 0.15) is 5.15 Å². The second-order valence-corrected chi connectivity index (χ2v) is 6.27. The fraction of sp³-hybridized carbons (Fsp3) is 0.462. The minimum Gasteiger partial charge on any atom is -0.297 e. The highest BCUT2D eigenvalue weighted by Gasteiger charge is 2.21. The van der Waals surface area contributed by atoms with Crippen LogP contribution < -0.4 is 11.2 Å². The van der Waals surface area contributed by atoms with Gasteiger partial charge in [0, 0.05) is 4.88 Å². The summed E-state index contributed by atoms with van der Waals surface area (Å²) in [4.78, 5) is 32.6. The maximum absolute atomic E-state index is 12.5. The molecule has 0 radical (unpaired) electrons. The molecule has 2 aromatic rings. The molecule has 0 saturated heterocycles. The van der Waals surface area contributed by atoms with Crippen LogP contribution in [0, 0.1) is 0 Å². The van der Waals surface area contributed by atoms with Crippen LogP contribution in [0.2, 0.25) is 5.15 Å². The van der Waals surface area contributed by atoms with Crippen molar-refractivity contribution in [1.82, 2.24) is 14.5 Å². The first-order chi connectivity index (χ1) is 9.61. The maximum Gasteiger partial charge on any atom is 0.336 e. The highest BCUT2D eigenvalue weighted by Crippen LogP contribution is 2.28. The van der Waals surface area contributed by atoms with Crippen molar-refractivity contribution >= 4 is 22.9 Å². The first-order valence-corrected chi connectivity index (χ1v) is 7.84. The molecule has 0 fully saturated rings. The van der Waals surface area contributed by atoms with E-state index in [0.29, 0.717) is 17.1 Å². The van der Waals surface area contributed by atoms with E-state index < -0.39 is 5.69 Å². The monoisotopic (exact) mass is 311 g/mol. The van der Waals surface area contributed by atoms with Gasteiger partial charge in [-0.05, 0) is 25.7 Å². The van der Waals surface area contributed by atoms with E-state index in [1.807, 2.05) is 6.92 Å². The van der Waals surface area contributed by atoms with Gasteiger partial charge >= 0.3 is 5.69 Å². The van der Waals surface area contributed by atoms with Gasteiger partial charge in [-0.3, -0.25) is 9.78 Å². The van der Waals surface area contributed by atoms with Gasteiger partial charge in [-0.25, -0.2) is 14.3 Å². The second-order valence-electron chi connectivity index (χ2n) is 4.83. The second kappa shape index (κ2) is 5.18. The highest BCUT2D eigenvalue weighted by atomic mass is 35.5. The molecule has 2 heterocycles.